The van der Waals surface area contributed by atoms with E-state index < -0.39 is 0 Å². The summed E-state index contributed by atoms with van der Waals surface area (Å²) in [4.78, 5) is 18.0. The largest absolute Gasteiger partial charge is 0.493 e. The lowest BCUT2D eigenvalue weighted by Gasteiger charge is -2.16. The second kappa shape index (κ2) is 9.35. The fraction of sp³-hybridized carbons (Fsp3) is 0.231. The summed E-state index contributed by atoms with van der Waals surface area (Å²) >= 11 is 0. The summed E-state index contributed by atoms with van der Waals surface area (Å²) in [5.41, 5.74) is 4.67. The van der Waals surface area contributed by atoms with Crippen LogP contribution in [0, 0.1) is 0 Å². The summed E-state index contributed by atoms with van der Waals surface area (Å²) in [7, 11) is 8.53. The number of hydrogen-bond donors (Lipinski definition) is 1. The van der Waals surface area contributed by atoms with Gasteiger partial charge in [0.15, 0.2) is 11.5 Å². The van der Waals surface area contributed by atoms with Gasteiger partial charge in [-0.2, -0.15) is 0 Å². The third-order valence-electron chi connectivity index (χ3n) is 5.87. The highest BCUT2D eigenvalue weighted by molar-refractivity contribution is 5.93. The molecule has 0 saturated carbocycles. The van der Waals surface area contributed by atoms with Crippen molar-refractivity contribution < 1.29 is 19.0 Å². The maximum atomic E-state index is 11.8. The number of ether oxygens (including phenoxy) is 3. The van der Waals surface area contributed by atoms with E-state index in [0.29, 0.717) is 23.1 Å². The molecule has 0 aliphatic carbocycles. The van der Waals surface area contributed by atoms with Gasteiger partial charge in [0.25, 0.3) is 0 Å². The number of carbonyl (C=O) groups excluding carboxylic acids is 1. The zero-order valence-corrected chi connectivity index (χ0v) is 20.2. The Morgan fingerprint density at radius 3 is 2.32 bits per heavy atom. The van der Waals surface area contributed by atoms with Gasteiger partial charge in [0, 0.05) is 73.4 Å². The molecule has 0 unspecified atom stereocenters. The number of aryl methyl sites for hydroxylation is 1. The minimum absolute atomic E-state index is 0.0131. The first kappa shape index (κ1) is 23.0. The lowest BCUT2D eigenvalue weighted by Crippen LogP contribution is -2.22. The molecule has 2 aromatic heterocycles. The molecule has 1 N–H and O–H groups in total. The molecule has 0 spiro atoms. The molecule has 0 aliphatic rings. The van der Waals surface area contributed by atoms with Crippen LogP contribution in [-0.2, 0) is 11.8 Å². The van der Waals surface area contributed by atoms with Crippen molar-refractivity contribution in [2.75, 3.05) is 38.6 Å². The average Bonchev–Trinajstić information content (AvgIpc) is 3.18. The first-order chi connectivity index (χ1) is 16.4. The number of pyridine rings is 1. The van der Waals surface area contributed by atoms with E-state index in [0.717, 1.165) is 33.5 Å². The Bertz CT molecular complexity index is 1340. The van der Waals surface area contributed by atoms with Crippen molar-refractivity contribution in [3.63, 3.8) is 0 Å². The van der Waals surface area contributed by atoms with E-state index in [4.69, 9.17) is 14.2 Å². The third kappa shape index (κ3) is 4.22. The van der Waals surface area contributed by atoms with Gasteiger partial charge in [-0.1, -0.05) is 12.1 Å². The molecule has 0 bridgehead atoms. The third-order valence-corrected chi connectivity index (χ3v) is 5.87. The van der Waals surface area contributed by atoms with Gasteiger partial charge in [0.2, 0.25) is 11.7 Å². The smallest absolute Gasteiger partial charge is 0.223 e. The zero-order valence-electron chi connectivity index (χ0n) is 20.2. The van der Waals surface area contributed by atoms with Crippen LogP contribution in [0.15, 0.2) is 54.7 Å². The quantitative estimate of drug-likeness (QED) is 0.419. The van der Waals surface area contributed by atoms with Gasteiger partial charge in [0.1, 0.15) is 5.82 Å². The van der Waals surface area contributed by atoms with E-state index in [1.807, 2.05) is 55.7 Å². The molecule has 0 atom stereocenters. The van der Waals surface area contributed by atoms with E-state index in [-0.39, 0.29) is 5.91 Å². The van der Waals surface area contributed by atoms with Crippen molar-refractivity contribution >= 4 is 34.0 Å². The van der Waals surface area contributed by atoms with Crippen LogP contribution in [0.3, 0.4) is 0 Å². The Hall–Kier alpha value is -4.20. The van der Waals surface area contributed by atoms with Crippen molar-refractivity contribution in [1.29, 1.82) is 0 Å². The number of hydrogen-bond acceptors (Lipinski definition) is 6. The van der Waals surface area contributed by atoms with Gasteiger partial charge < -0.3 is 29.0 Å². The normalized spacial score (nSPS) is 10.8. The lowest BCUT2D eigenvalue weighted by atomic mass is 10.1. The van der Waals surface area contributed by atoms with Crippen molar-refractivity contribution in [3.8, 4) is 28.5 Å². The number of nitrogens with one attached hydrogen (secondary N) is 1. The fourth-order valence-electron chi connectivity index (χ4n) is 3.93. The van der Waals surface area contributed by atoms with Gasteiger partial charge >= 0.3 is 0 Å². The second-order valence-electron chi connectivity index (χ2n) is 7.88. The number of carbonyl (C=O) groups is 1. The Morgan fingerprint density at radius 2 is 1.71 bits per heavy atom. The predicted molar refractivity (Wildman–Crippen MR) is 135 cm³/mol. The molecule has 8 nitrogen and oxygen atoms in total. The molecule has 176 valence electrons. The molecule has 4 aromatic rings. The summed E-state index contributed by atoms with van der Waals surface area (Å²) < 4.78 is 18.4. The van der Waals surface area contributed by atoms with Crippen molar-refractivity contribution in [2.45, 2.75) is 6.92 Å². The number of aromatic nitrogens is 2. The summed E-state index contributed by atoms with van der Waals surface area (Å²) in [5, 5.41) is 4.34. The van der Waals surface area contributed by atoms with Crippen LogP contribution in [0.1, 0.15) is 6.92 Å². The van der Waals surface area contributed by atoms with Crippen LogP contribution in [0.25, 0.3) is 22.2 Å². The molecule has 0 fully saturated rings. The van der Waals surface area contributed by atoms with Crippen LogP contribution >= 0.6 is 0 Å². The van der Waals surface area contributed by atoms with E-state index in [1.54, 1.807) is 40.2 Å². The number of rotatable bonds is 7. The summed E-state index contributed by atoms with van der Waals surface area (Å²) in [5.74, 6) is 2.31. The molecule has 4 rings (SSSR count). The number of methoxy groups -OCH3 is 3. The standard InChI is InChI=1S/C26H28N4O4/c1-16(31)29(2)20-9-7-8-17(10-20)21-11-18-15-27-25(14-22(18)30(21)3)28-19-12-23(32-4)26(34-6)24(13-19)33-5/h7-15H,1-6H3,(H,27,28). The molecular formula is C26H28N4O4. The second-order valence-corrected chi connectivity index (χ2v) is 7.88. The molecule has 0 aliphatic heterocycles. The van der Waals surface area contributed by atoms with Gasteiger partial charge in [-0.15, -0.1) is 0 Å². The molecule has 0 saturated heterocycles. The van der Waals surface area contributed by atoms with Crippen LogP contribution in [0.4, 0.5) is 17.2 Å². The average molecular weight is 461 g/mol. The molecule has 0 radical (unpaired) electrons. The van der Waals surface area contributed by atoms with Crippen LogP contribution < -0.4 is 24.4 Å². The van der Waals surface area contributed by atoms with Crippen LogP contribution in [0.2, 0.25) is 0 Å². The Labute approximate surface area is 198 Å². The van der Waals surface area contributed by atoms with E-state index >= 15 is 0 Å². The number of fused-ring (bicyclic) bond motifs is 1. The maximum absolute atomic E-state index is 11.8. The highest BCUT2D eigenvalue weighted by Gasteiger charge is 2.15. The van der Waals surface area contributed by atoms with Crippen molar-refractivity contribution in [1.82, 2.24) is 9.55 Å². The molecule has 2 aromatic carbocycles. The van der Waals surface area contributed by atoms with E-state index in [2.05, 4.69) is 20.9 Å². The first-order valence-electron chi connectivity index (χ1n) is 10.7. The van der Waals surface area contributed by atoms with Gasteiger partial charge in [0.05, 0.1) is 26.8 Å². The zero-order chi connectivity index (χ0) is 24.4. The first-order valence-corrected chi connectivity index (χ1v) is 10.7. The van der Waals surface area contributed by atoms with E-state index in [9.17, 15) is 4.79 Å². The van der Waals surface area contributed by atoms with Crippen molar-refractivity contribution in [3.05, 3.63) is 54.7 Å². The monoisotopic (exact) mass is 460 g/mol. The number of anilines is 3. The molecule has 34 heavy (non-hydrogen) atoms. The minimum Gasteiger partial charge on any atom is -0.493 e. The van der Waals surface area contributed by atoms with E-state index in [1.165, 1.54) is 0 Å². The highest BCUT2D eigenvalue weighted by Crippen LogP contribution is 2.40. The fourth-order valence-corrected chi connectivity index (χ4v) is 3.93. The van der Waals surface area contributed by atoms with Crippen LogP contribution in [0.5, 0.6) is 17.2 Å². The molecule has 8 heteroatoms. The molecule has 2 heterocycles. The lowest BCUT2D eigenvalue weighted by molar-refractivity contribution is -0.116. The summed E-state index contributed by atoms with van der Waals surface area (Å²) in [6.07, 6.45) is 1.84. The van der Waals surface area contributed by atoms with Gasteiger partial charge in [-0.25, -0.2) is 4.98 Å². The highest BCUT2D eigenvalue weighted by atomic mass is 16.5. The number of nitrogens with zero attached hydrogens (tertiary/aromatic N) is 3. The molecule has 1 amide bonds. The summed E-state index contributed by atoms with van der Waals surface area (Å²) in [6.45, 7) is 1.55. The summed E-state index contributed by atoms with van der Waals surface area (Å²) in [6, 6.07) is 15.7. The van der Waals surface area contributed by atoms with Gasteiger partial charge in [-0.05, 0) is 18.2 Å². The Kier molecular flexibility index (Phi) is 6.32. The van der Waals surface area contributed by atoms with Gasteiger partial charge in [-0.3, -0.25) is 4.79 Å². The Balaban J connectivity index is 1.70. The predicted octanol–water partition coefficient (Wildman–Crippen LogP) is 4.99. The van der Waals surface area contributed by atoms with Crippen LogP contribution in [-0.4, -0.2) is 43.8 Å². The maximum Gasteiger partial charge on any atom is 0.223 e. The van der Waals surface area contributed by atoms with Crippen molar-refractivity contribution in [2.24, 2.45) is 7.05 Å². The Morgan fingerprint density at radius 1 is 1.00 bits per heavy atom. The number of benzene rings is 2. The SMILES string of the molecule is COc1cc(Nc2cc3c(cn2)cc(-c2cccc(N(C)C(C)=O)c2)n3C)cc(OC)c1OC. The topological polar surface area (TPSA) is 77.9 Å². The molecular weight excluding hydrogens is 432 g/mol. The number of amides is 1. The minimum atomic E-state index is -0.0131.